The molecule has 1 aromatic carbocycles. The average molecular weight is 173 g/mol. The van der Waals surface area contributed by atoms with Crippen molar-refractivity contribution < 1.29 is 0 Å². The lowest BCUT2D eigenvalue weighted by Crippen LogP contribution is -1.93. The van der Waals surface area contributed by atoms with Crippen LogP contribution in [0.4, 0.5) is 0 Å². The van der Waals surface area contributed by atoms with Crippen LogP contribution in [0.25, 0.3) is 11.4 Å². The molecule has 3 nitrogen and oxygen atoms in total. The molecule has 0 atom stereocenters. The van der Waals surface area contributed by atoms with Gasteiger partial charge in [0.1, 0.15) is 6.33 Å². The lowest BCUT2D eigenvalue weighted by atomic mass is 10.1. The van der Waals surface area contributed by atoms with Crippen molar-refractivity contribution in [2.75, 3.05) is 0 Å². The molecule has 0 N–H and O–H groups in total. The molecule has 0 spiro atoms. The van der Waals surface area contributed by atoms with E-state index in [0.717, 1.165) is 11.4 Å². The molecule has 0 aliphatic heterocycles. The van der Waals surface area contributed by atoms with Gasteiger partial charge in [0.25, 0.3) is 0 Å². The lowest BCUT2D eigenvalue weighted by Gasteiger charge is -1.99. The van der Waals surface area contributed by atoms with E-state index in [0.29, 0.717) is 0 Å². The summed E-state index contributed by atoms with van der Waals surface area (Å²) in [5, 5.41) is 4.02. The largest absolute Gasteiger partial charge is 0.249 e. The number of aromatic nitrogens is 3. The molecule has 0 aliphatic rings. The highest BCUT2D eigenvalue weighted by molar-refractivity contribution is 5.55. The van der Waals surface area contributed by atoms with Crippen LogP contribution in [0.15, 0.2) is 30.6 Å². The van der Waals surface area contributed by atoms with Gasteiger partial charge in [-0.2, -0.15) is 5.10 Å². The molecular formula is C10H11N3. The van der Waals surface area contributed by atoms with E-state index in [4.69, 9.17) is 0 Å². The predicted molar refractivity (Wildman–Crippen MR) is 51.2 cm³/mol. The van der Waals surface area contributed by atoms with Crippen molar-refractivity contribution in [2.24, 2.45) is 7.05 Å². The number of rotatable bonds is 1. The Kier molecular flexibility index (Phi) is 1.85. The van der Waals surface area contributed by atoms with Crippen LogP contribution in [-0.4, -0.2) is 14.8 Å². The first kappa shape index (κ1) is 7.98. The van der Waals surface area contributed by atoms with Crippen LogP contribution in [0.1, 0.15) is 5.56 Å². The molecule has 0 amide bonds. The summed E-state index contributed by atoms with van der Waals surface area (Å²) in [7, 11) is 1.89. The molecule has 0 aliphatic carbocycles. The van der Waals surface area contributed by atoms with Crippen LogP contribution >= 0.6 is 0 Å². The van der Waals surface area contributed by atoms with E-state index in [9.17, 15) is 0 Å². The van der Waals surface area contributed by atoms with Crippen LogP contribution in [0.3, 0.4) is 0 Å². The third-order valence-electron chi connectivity index (χ3n) is 2.02. The maximum Gasteiger partial charge on any atom is 0.157 e. The van der Waals surface area contributed by atoms with Crippen molar-refractivity contribution in [2.45, 2.75) is 6.92 Å². The first-order chi connectivity index (χ1) is 6.27. The standard InChI is InChI=1S/C10H11N3/c1-8-3-5-9(6-4-8)10-11-7-12-13(10)2/h3-7H,1-2H3. The van der Waals surface area contributed by atoms with Gasteiger partial charge < -0.3 is 0 Å². The summed E-state index contributed by atoms with van der Waals surface area (Å²) in [5.41, 5.74) is 2.36. The molecule has 3 heteroatoms. The highest BCUT2D eigenvalue weighted by Gasteiger charge is 2.02. The SMILES string of the molecule is Cc1ccc(-c2ncnn2C)cc1. The van der Waals surface area contributed by atoms with E-state index >= 15 is 0 Å². The van der Waals surface area contributed by atoms with Gasteiger partial charge in [0, 0.05) is 12.6 Å². The van der Waals surface area contributed by atoms with Crippen LogP contribution in [0.2, 0.25) is 0 Å². The Bertz CT molecular complexity index is 400. The van der Waals surface area contributed by atoms with E-state index in [-0.39, 0.29) is 0 Å². The van der Waals surface area contributed by atoms with Crippen molar-refractivity contribution in [1.82, 2.24) is 14.8 Å². The zero-order valence-electron chi connectivity index (χ0n) is 7.73. The molecular weight excluding hydrogens is 162 g/mol. The number of benzene rings is 1. The Morgan fingerprint density at radius 2 is 1.85 bits per heavy atom. The van der Waals surface area contributed by atoms with E-state index in [2.05, 4.69) is 41.3 Å². The molecule has 0 saturated heterocycles. The molecule has 1 heterocycles. The summed E-state index contributed by atoms with van der Waals surface area (Å²) in [6.07, 6.45) is 1.56. The van der Waals surface area contributed by atoms with Crippen molar-refractivity contribution in [3.8, 4) is 11.4 Å². The fourth-order valence-electron chi connectivity index (χ4n) is 1.26. The third kappa shape index (κ3) is 1.45. The van der Waals surface area contributed by atoms with Crippen LogP contribution in [0.5, 0.6) is 0 Å². The summed E-state index contributed by atoms with van der Waals surface area (Å²) in [6, 6.07) is 8.26. The van der Waals surface area contributed by atoms with Gasteiger partial charge in [0.15, 0.2) is 5.82 Å². The van der Waals surface area contributed by atoms with E-state index in [1.165, 1.54) is 5.56 Å². The monoisotopic (exact) mass is 173 g/mol. The average Bonchev–Trinajstić information content (AvgIpc) is 2.53. The molecule has 13 heavy (non-hydrogen) atoms. The zero-order valence-corrected chi connectivity index (χ0v) is 7.73. The number of nitrogens with zero attached hydrogens (tertiary/aromatic N) is 3. The Balaban J connectivity index is 2.47. The topological polar surface area (TPSA) is 30.7 Å². The first-order valence-corrected chi connectivity index (χ1v) is 4.18. The minimum atomic E-state index is 0.903. The van der Waals surface area contributed by atoms with Crippen LogP contribution < -0.4 is 0 Å². The number of aryl methyl sites for hydroxylation is 2. The second-order valence-electron chi connectivity index (χ2n) is 3.07. The normalized spacial score (nSPS) is 10.3. The maximum absolute atomic E-state index is 4.17. The Labute approximate surface area is 77.0 Å². The zero-order chi connectivity index (χ0) is 9.26. The van der Waals surface area contributed by atoms with E-state index in [1.807, 2.05) is 7.05 Å². The summed E-state index contributed by atoms with van der Waals surface area (Å²) in [4.78, 5) is 4.17. The molecule has 0 saturated carbocycles. The maximum atomic E-state index is 4.17. The molecule has 0 radical (unpaired) electrons. The van der Waals surface area contributed by atoms with E-state index < -0.39 is 0 Å². The fraction of sp³-hybridized carbons (Fsp3) is 0.200. The fourth-order valence-corrected chi connectivity index (χ4v) is 1.26. The molecule has 66 valence electrons. The van der Waals surface area contributed by atoms with Gasteiger partial charge in [0.2, 0.25) is 0 Å². The molecule has 2 rings (SSSR count). The van der Waals surface area contributed by atoms with E-state index in [1.54, 1.807) is 11.0 Å². The van der Waals surface area contributed by atoms with Crippen molar-refractivity contribution >= 4 is 0 Å². The second kappa shape index (κ2) is 3.01. The molecule has 0 unspecified atom stereocenters. The van der Waals surface area contributed by atoms with Crippen LogP contribution in [0, 0.1) is 6.92 Å². The lowest BCUT2D eigenvalue weighted by molar-refractivity contribution is 0.774. The van der Waals surface area contributed by atoms with Gasteiger partial charge in [-0.25, -0.2) is 9.67 Å². The molecule has 2 aromatic rings. The van der Waals surface area contributed by atoms with Gasteiger partial charge in [-0.15, -0.1) is 0 Å². The van der Waals surface area contributed by atoms with Gasteiger partial charge >= 0.3 is 0 Å². The van der Waals surface area contributed by atoms with Gasteiger partial charge in [-0.05, 0) is 6.92 Å². The minimum Gasteiger partial charge on any atom is -0.249 e. The van der Waals surface area contributed by atoms with Gasteiger partial charge in [-0.1, -0.05) is 29.8 Å². The highest BCUT2D eigenvalue weighted by Crippen LogP contribution is 2.15. The molecule has 0 fully saturated rings. The van der Waals surface area contributed by atoms with Gasteiger partial charge in [0.05, 0.1) is 0 Å². The Hall–Kier alpha value is -1.64. The summed E-state index contributed by atoms with van der Waals surface area (Å²) in [5.74, 6) is 0.903. The summed E-state index contributed by atoms with van der Waals surface area (Å²) in [6.45, 7) is 2.07. The predicted octanol–water partition coefficient (Wildman–Crippen LogP) is 1.79. The smallest absolute Gasteiger partial charge is 0.157 e. The molecule has 1 aromatic heterocycles. The Morgan fingerprint density at radius 1 is 1.15 bits per heavy atom. The third-order valence-corrected chi connectivity index (χ3v) is 2.02. The first-order valence-electron chi connectivity index (χ1n) is 4.18. The minimum absolute atomic E-state index is 0.903. The highest BCUT2D eigenvalue weighted by atomic mass is 15.3. The second-order valence-corrected chi connectivity index (χ2v) is 3.07. The van der Waals surface area contributed by atoms with Crippen molar-refractivity contribution in [3.05, 3.63) is 36.2 Å². The number of hydrogen-bond donors (Lipinski definition) is 0. The van der Waals surface area contributed by atoms with Crippen molar-refractivity contribution in [1.29, 1.82) is 0 Å². The summed E-state index contributed by atoms with van der Waals surface area (Å²) < 4.78 is 1.77. The summed E-state index contributed by atoms with van der Waals surface area (Å²) >= 11 is 0. The Morgan fingerprint density at radius 3 is 2.38 bits per heavy atom. The van der Waals surface area contributed by atoms with Gasteiger partial charge in [-0.3, -0.25) is 0 Å². The quantitative estimate of drug-likeness (QED) is 0.658. The number of hydrogen-bond acceptors (Lipinski definition) is 2. The molecule has 0 bridgehead atoms. The van der Waals surface area contributed by atoms with Crippen molar-refractivity contribution in [3.63, 3.8) is 0 Å². The van der Waals surface area contributed by atoms with Crippen LogP contribution in [-0.2, 0) is 7.05 Å².